The number of rotatable bonds is 6. The molecule has 2 aromatic heterocycles. The lowest BCUT2D eigenvalue weighted by molar-refractivity contribution is 0.0684. The van der Waals surface area contributed by atoms with E-state index in [1.54, 1.807) is 10.9 Å². The molecule has 0 spiro atoms. The number of amides is 3. The van der Waals surface area contributed by atoms with Gasteiger partial charge in [-0.15, -0.1) is 0 Å². The van der Waals surface area contributed by atoms with Crippen LogP contribution in [0.3, 0.4) is 0 Å². The number of aromatic nitrogens is 4. The van der Waals surface area contributed by atoms with Gasteiger partial charge >= 0.3 is 6.03 Å². The van der Waals surface area contributed by atoms with Crippen LogP contribution in [0.5, 0.6) is 0 Å². The fourth-order valence-corrected chi connectivity index (χ4v) is 5.62. The summed E-state index contributed by atoms with van der Waals surface area (Å²) >= 11 is 0. The minimum Gasteiger partial charge on any atom is -0.337 e. The lowest BCUT2D eigenvalue weighted by Crippen LogP contribution is -2.39. The summed E-state index contributed by atoms with van der Waals surface area (Å²) in [6.45, 7) is 9.75. The average molecular weight is 602 g/mol. The summed E-state index contributed by atoms with van der Waals surface area (Å²) < 4.78 is 1.77. The molecule has 0 saturated carbocycles. The standard InChI is InChI=1S/C36H39N7O2/c1-24-9-15-28(16-10-24)43-33(22-32(41-43)36(2,3)4)40-35(45)38-27-13-11-25(12-14-27)21-26-17-19-42(20-18-26)34(44)31-23-37-29-7-5-6-8-30(29)39-31/h5-16,22-23,26H,17-21H2,1-4H3,(H2,38,40,45). The van der Waals surface area contributed by atoms with Gasteiger partial charge < -0.3 is 10.2 Å². The fraction of sp³-hybridized carbons (Fsp3) is 0.306. The van der Waals surface area contributed by atoms with Gasteiger partial charge in [-0.2, -0.15) is 5.10 Å². The van der Waals surface area contributed by atoms with Gasteiger partial charge in [0.05, 0.1) is 28.6 Å². The summed E-state index contributed by atoms with van der Waals surface area (Å²) in [5, 5.41) is 10.7. The molecule has 1 fully saturated rings. The number of benzene rings is 3. The normalized spacial score (nSPS) is 14.0. The van der Waals surface area contributed by atoms with Crippen LogP contribution in [-0.2, 0) is 11.8 Å². The molecule has 1 aliphatic rings. The number of likely N-dealkylation sites (tertiary alicyclic amines) is 1. The lowest BCUT2D eigenvalue weighted by Gasteiger charge is -2.32. The molecule has 0 aliphatic carbocycles. The van der Waals surface area contributed by atoms with Crippen molar-refractivity contribution in [2.24, 2.45) is 5.92 Å². The van der Waals surface area contributed by atoms with Crippen LogP contribution >= 0.6 is 0 Å². The number of carbonyl (C=O) groups is 2. The number of carbonyl (C=O) groups excluding carboxylic acids is 2. The van der Waals surface area contributed by atoms with Crippen LogP contribution in [0.15, 0.2) is 85.1 Å². The van der Waals surface area contributed by atoms with Gasteiger partial charge in [0, 0.05) is 30.3 Å². The number of fused-ring (bicyclic) bond motifs is 1. The summed E-state index contributed by atoms with van der Waals surface area (Å²) in [6, 6.07) is 25.2. The van der Waals surface area contributed by atoms with Crippen molar-refractivity contribution in [1.82, 2.24) is 24.6 Å². The van der Waals surface area contributed by atoms with Gasteiger partial charge in [0.15, 0.2) is 0 Å². The molecule has 0 radical (unpaired) electrons. The first-order chi connectivity index (χ1) is 21.6. The second-order valence-corrected chi connectivity index (χ2v) is 12.9. The number of nitrogens with zero attached hydrogens (tertiary/aromatic N) is 5. The van der Waals surface area contributed by atoms with Gasteiger partial charge in [-0.05, 0) is 74.1 Å². The van der Waals surface area contributed by atoms with E-state index in [-0.39, 0.29) is 17.4 Å². The molecule has 3 amide bonds. The zero-order chi connectivity index (χ0) is 31.6. The largest absolute Gasteiger partial charge is 0.337 e. The SMILES string of the molecule is Cc1ccc(-n2nc(C(C)(C)C)cc2NC(=O)Nc2ccc(CC3CCN(C(=O)c4cnc5ccccc5n4)CC3)cc2)cc1. The molecule has 3 heterocycles. The molecule has 0 unspecified atom stereocenters. The highest BCUT2D eigenvalue weighted by molar-refractivity contribution is 5.99. The van der Waals surface area contributed by atoms with Crippen LogP contribution in [0.1, 0.15) is 60.9 Å². The minimum atomic E-state index is -0.329. The van der Waals surface area contributed by atoms with Crippen molar-refractivity contribution in [1.29, 1.82) is 0 Å². The summed E-state index contributed by atoms with van der Waals surface area (Å²) in [5.41, 5.74) is 6.60. The smallest absolute Gasteiger partial charge is 0.324 e. The van der Waals surface area contributed by atoms with Crippen molar-refractivity contribution in [3.05, 3.63) is 108 Å². The maximum atomic E-state index is 13.1. The monoisotopic (exact) mass is 601 g/mol. The third-order valence-electron chi connectivity index (χ3n) is 8.30. The second-order valence-electron chi connectivity index (χ2n) is 12.9. The van der Waals surface area contributed by atoms with E-state index in [1.807, 2.05) is 78.6 Å². The molecule has 230 valence electrons. The Morgan fingerprint density at radius 1 is 0.889 bits per heavy atom. The fourth-order valence-electron chi connectivity index (χ4n) is 5.62. The average Bonchev–Trinajstić information content (AvgIpc) is 3.46. The summed E-state index contributed by atoms with van der Waals surface area (Å²) in [7, 11) is 0. The lowest BCUT2D eigenvalue weighted by atomic mass is 9.90. The quantitative estimate of drug-likeness (QED) is 0.215. The van der Waals surface area contributed by atoms with E-state index in [1.165, 1.54) is 5.56 Å². The molecule has 1 aliphatic heterocycles. The number of piperidine rings is 1. The number of para-hydroxylation sites is 2. The van der Waals surface area contributed by atoms with Crippen molar-refractivity contribution >= 4 is 34.5 Å². The molecular formula is C36H39N7O2. The number of anilines is 2. The van der Waals surface area contributed by atoms with E-state index < -0.39 is 0 Å². The maximum Gasteiger partial charge on any atom is 0.324 e. The van der Waals surface area contributed by atoms with E-state index >= 15 is 0 Å². The number of aryl methyl sites for hydroxylation is 1. The molecule has 45 heavy (non-hydrogen) atoms. The minimum absolute atomic E-state index is 0.0584. The highest BCUT2D eigenvalue weighted by Gasteiger charge is 2.25. The van der Waals surface area contributed by atoms with Gasteiger partial charge in [-0.25, -0.2) is 14.5 Å². The topological polar surface area (TPSA) is 105 Å². The van der Waals surface area contributed by atoms with Crippen LogP contribution in [-0.4, -0.2) is 49.7 Å². The van der Waals surface area contributed by atoms with E-state index in [0.29, 0.717) is 36.2 Å². The highest BCUT2D eigenvalue weighted by atomic mass is 16.2. The van der Waals surface area contributed by atoms with Gasteiger partial charge in [0.1, 0.15) is 11.5 Å². The Morgan fingerprint density at radius 2 is 1.58 bits per heavy atom. The molecular weight excluding hydrogens is 562 g/mol. The molecule has 0 bridgehead atoms. The molecule has 3 aromatic carbocycles. The Morgan fingerprint density at radius 3 is 2.27 bits per heavy atom. The number of hydrogen-bond donors (Lipinski definition) is 2. The number of hydrogen-bond acceptors (Lipinski definition) is 5. The van der Waals surface area contributed by atoms with Gasteiger partial charge in [0.25, 0.3) is 5.91 Å². The summed E-state index contributed by atoms with van der Waals surface area (Å²) in [5.74, 6) is 1.03. The Kier molecular flexibility index (Phi) is 8.34. The Balaban J connectivity index is 1.03. The first kappa shape index (κ1) is 30.0. The van der Waals surface area contributed by atoms with Crippen LogP contribution in [0.4, 0.5) is 16.3 Å². The van der Waals surface area contributed by atoms with Crippen LogP contribution in [0.2, 0.25) is 0 Å². The first-order valence-corrected chi connectivity index (χ1v) is 15.5. The van der Waals surface area contributed by atoms with Crippen molar-refractivity contribution in [2.75, 3.05) is 23.7 Å². The highest BCUT2D eigenvalue weighted by Crippen LogP contribution is 2.27. The molecule has 6 rings (SSSR count). The predicted octanol–water partition coefficient (Wildman–Crippen LogP) is 7.16. The number of urea groups is 1. The summed E-state index contributed by atoms with van der Waals surface area (Å²) in [6.07, 6.45) is 4.37. The van der Waals surface area contributed by atoms with Crippen molar-refractivity contribution in [2.45, 2.75) is 52.4 Å². The predicted molar refractivity (Wildman–Crippen MR) is 178 cm³/mol. The van der Waals surface area contributed by atoms with E-state index in [2.05, 4.69) is 53.5 Å². The van der Waals surface area contributed by atoms with Crippen molar-refractivity contribution < 1.29 is 9.59 Å². The van der Waals surface area contributed by atoms with Crippen LogP contribution in [0, 0.1) is 12.8 Å². The zero-order valence-corrected chi connectivity index (χ0v) is 26.2. The maximum absolute atomic E-state index is 13.1. The van der Waals surface area contributed by atoms with Gasteiger partial charge in [-0.3, -0.25) is 15.1 Å². The van der Waals surface area contributed by atoms with Gasteiger partial charge in [-0.1, -0.05) is 62.7 Å². The first-order valence-electron chi connectivity index (χ1n) is 15.5. The molecule has 1 saturated heterocycles. The third kappa shape index (κ3) is 7.03. The summed E-state index contributed by atoms with van der Waals surface area (Å²) in [4.78, 5) is 36.9. The molecule has 9 nitrogen and oxygen atoms in total. The Labute approximate surface area is 263 Å². The second kappa shape index (κ2) is 12.5. The molecule has 2 N–H and O–H groups in total. The number of nitrogens with one attached hydrogen (secondary N) is 2. The van der Waals surface area contributed by atoms with Crippen molar-refractivity contribution in [3.8, 4) is 5.69 Å². The molecule has 0 atom stereocenters. The van der Waals surface area contributed by atoms with E-state index in [9.17, 15) is 9.59 Å². The van der Waals surface area contributed by atoms with Crippen LogP contribution < -0.4 is 10.6 Å². The molecule has 5 aromatic rings. The van der Waals surface area contributed by atoms with Crippen molar-refractivity contribution in [3.63, 3.8) is 0 Å². The Hall–Kier alpha value is -5.05. The Bertz CT molecular complexity index is 1810. The third-order valence-corrected chi connectivity index (χ3v) is 8.30. The zero-order valence-electron chi connectivity index (χ0n) is 26.2. The molecule has 9 heteroatoms. The van der Waals surface area contributed by atoms with E-state index in [0.717, 1.165) is 47.2 Å². The van der Waals surface area contributed by atoms with Crippen LogP contribution in [0.25, 0.3) is 16.7 Å². The van der Waals surface area contributed by atoms with Gasteiger partial charge in [0.2, 0.25) is 0 Å². The van der Waals surface area contributed by atoms with E-state index in [4.69, 9.17) is 5.10 Å².